The van der Waals surface area contributed by atoms with Gasteiger partial charge in [-0.05, 0) is 19.1 Å². The predicted molar refractivity (Wildman–Crippen MR) is 83.1 cm³/mol. The molecule has 0 bridgehead atoms. The largest absolute Gasteiger partial charge is 0.462 e. The molecule has 2 rings (SSSR count). The third-order valence-electron chi connectivity index (χ3n) is 3.30. The molecule has 0 aliphatic carbocycles. The van der Waals surface area contributed by atoms with Gasteiger partial charge in [0.25, 0.3) is 0 Å². The van der Waals surface area contributed by atoms with E-state index in [1.165, 1.54) is 0 Å². The van der Waals surface area contributed by atoms with Crippen LogP contribution in [0.3, 0.4) is 0 Å². The number of hydrogen-bond donors (Lipinski definition) is 0. The van der Waals surface area contributed by atoms with Crippen LogP contribution in [0.2, 0.25) is 5.02 Å². The molecule has 4 nitrogen and oxygen atoms in total. The Labute approximate surface area is 134 Å². The molecule has 0 aliphatic rings. The molecule has 1 atom stereocenters. The van der Waals surface area contributed by atoms with Crippen LogP contribution in [0, 0.1) is 0 Å². The van der Waals surface area contributed by atoms with Gasteiger partial charge in [-0.15, -0.1) is 0 Å². The van der Waals surface area contributed by atoms with Crippen LogP contribution in [0.1, 0.15) is 40.6 Å². The Hall–Kier alpha value is -2.20. The maximum atomic E-state index is 12.4. The highest BCUT2D eigenvalue weighted by atomic mass is 35.5. The summed E-state index contributed by atoms with van der Waals surface area (Å²) in [5.41, 5.74) is 1.02. The lowest BCUT2D eigenvalue weighted by molar-refractivity contribution is -0.704. The number of carbonyl (C=O) groups excluding carboxylic acids is 2. The minimum Gasteiger partial charge on any atom is -0.462 e. The number of nitrogens with zero attached hydrogens (tertiary/aromatic N) is 1. The normalized spacial score (nSPS) is 11.8. The standard InChI is InChI=1S/C17H17ClNO3/c1-3-22-17(21)13-7-9-19(10-8-13)12(2)16(20)14-5-4-6-15(18)11-14/h4-12H,3H2,1-2H3/q+1/t12-/m0/s1. The van der Waals surface area contributed by atoms with Gasteiger partial charge in [0.2, 0.25) is 11.8 Å². The van der Waals surface area contributed by atoms with Crippen LogP contribution < -0.4 is 4.57 Å². The third kappa shape index (κ3) is 3.71. The number of aromatic nitrogens is 1. The van der Waals surface area contributed by atoms with E-state index >= 15 is 0 Å². The summed E-state index contributed by atoms with van der Waals surface area (Å²) in [6, 6.07) is 9.74. The van der Waals surface area contributed by atoms with E-state index in [9.17, 15) is 9.59 Å². The number of Topliss-reactive ketones (excluding diaryl/α,β-unsaturated/α-hetero) is 1. The van der Waals surface area contributed by atoms with Crippen LogP contribution >= 0.6 is 11.6 Å². The van der Waals surface area contributed by atoms with E-state index in [0.29, 0.717) is 22.8 Å². The molecule has 1 aromatic heterocycles. The topological polar surface area (TPSA) is 47.2 Å². The summed E-state index contributed by atoms with van der Waals surface area (Å²) < 4.78 is 6.67. The first-order chi connectivity index (χ1) is 10.5. The molecule has 0 N–H and O–H groups in total. The zero-order chi connectivity index (χ0) is 16.1. The maximum absolute atomic E-state index is 12.4. The first-order valence-electron chi connectivity index (χ1n) is 7.00. The van der Waals surface area contributed by atoms with Crippen LogP contribution in [0.25, 0.3) is 0 Å². The highest BCUT2D eigenvalue weighted by Gasteiger charge is 2.24. The van der Waals surface area contributed by atoms with Crippen molar-refractivity contribution in [3.05, 3.63) is 64.9 Å². The second kappa shape index (κ2) is 7.18. The molecule has 22 heavy (non-hydrogen) atoms. The number of ether oxygens (including phenoxy) is 1. The Bertz CT molecular complexity index is 683. The Balaban J connectivity index is 2.17. The van der Waals surface area contributed by atoms with Gasteiger partial charge in [0.15, 0.2) is 12.4 Å². The highest BCUT2D eigenvalue weighted by molar-refractivity contribution is 6.31. The van der Waals surface area contributed by atoms with Crippen molar-refractivity contribution in [1.82, 2.24) is 0 Å². The fourth-order valence-electron chi connectivity index (χ4n) is 2.07. The summed E-state index contributed by atoms with van der Waals surface area (Å²) in [6.07, 6.45) is 3.39. The van der Waals surface area contributed by atoms with Gasteiger partial charge in [0, 0.05) is 29.6 Å². The molecule has 0 unspecified atom stereocenters. The van der Waals surface area contributed by atoms with E-state index in [1.54, 1.807) is 67.2 Å². The fraction of sp³-hybridized carbons (Fsp3) is 0.235. The first kappa shape index (κ1) is 16.2. The fourth-order valence-corrected chi connectivity index (χ4v) is 2.26. The summed E-state index contributed by atoms with van der Waals surface area (Å²) in [4.78, 5) is 24.1. The Morgan fingerprint density at radius 3 is 2.45 bits per heavy atom. The van der Waals surface area contributed by atoms with Crippen molar-refractivity contribution in [2.24, 2.45) is 0 Å². The number of pyridine rings is 1. The molecule has 1 heterocycles. The van der Waals surface area contributed by atoms with E-state index in [-0.39, 0.29) is 11.8 Å². The number of hydrogen-bond acceptors (Lipinski definition) is 3. The van der Waals surface area contributed by atoms with E-state index in [2.05, 4.69) is 0 Å². The lowest BCUT2D eigenvalue weighted by atomic mass is 10.1. The molecule has 1 aromatic carbocycles. The number of carbonyl (C=O) groups is 2. The molecule has 0 radical (unpaired) electrons. The molecule has 114 valence electrons. The second-order valence-corrected chi connectivity index (χ2v) is 5.24. The second-order valence-electron chi connectivity index (χ2n) is 4.81. The molecule has 0 saturated carbocycles. The van der Waals surface area contributed by atoms with Gasteiger partial charge in [-0.2, -0.15) is 4.57 Å². The van der Waals surface area contributed by atoms with Crippen LogP contribution in [-0.2, 0) is 4.74 Å². The van der Waals surface area contributed by atoms with Gasteiger partial charge in [0.05, 0.1) is 12.2 Å². The quantitative estimate of drug-likeness (QED) is 0.483. The van der Waals surface area contributed by atoms with Crippen LogP contribution in [0.15, 0.2) is 48.8 Å². The van der Waals surface area contributed by atoms with Gasteiger partial charge in [-0.3, -0.25) is 4.79 Å². The lowest BCUT2D eigenvalue weighted by Gasteiger charge is -2.07. The summed E-state index contributed by atoms with van der Waals surface area (Å²) in [6.45, 7) is 3.89. The number of benzene rings is 1. The molecule has 0 fully saturated rings. The number of ketones is 1. The van der Waals surface area contributed by atoms with Gasteiger partial charge >= 0.3 is 5.97 Å². The lowest BCUT2D eigenvalue weighted by Crippen LogP contribution is -2.41. The van der Waals surface area contributed by atoms with Crippen molar-refractivity contribution in [3.8, 4) is 0 Å². The third-order valence-corrected chi connectivity index (χ3v) is 3.53. The van der Waals surface area contributed by atoms with Crippen LogP contribution in [-0.4, -0.2) is 18.4 Å². The zero-order valence-corrected chi connectivity index (χ0v) is 13.2. The molecule has 5 heteroatoms. The van der Waals surface area contributed by atoms with Crippen molar-refractivity contribution < 1.29 is 18.9 Å². The number of halogens is 1. The van der Waals surface area contributed by atoms with E-state index < -0.39 is 6.04 Å². The maximum Gasteiger partial charge on any atom is 0.338 e. The summed E-state index contributed by atoms with van der Waals surface area (Å²) in [5, 5.41) is 0.528. The Morgan fingerprint density at radius 2 is 1.86 bits per heavy atom. The smallest absolute Gasteiger partial charge is 0.338 e. The minimum absolute atomic E-state index is 0.0450. The van der Waals surface area contributed by atoms with Gasteiger partial charge in [-0.25, -0.2) is 4.79 Å². The van der Waals surface area contributed by atoms with Crippen LogP contribution in [0.5, 0.6) is 0 Å². The Kier molecular flexibility index (Phi) is 5.28. The summed E-state index contributed by atoms with van der Waals surface area (Å²) in [5.74, 6) is -0.417. The average Bonchev–Trinajstić information content (AvgIpc) is 2.54. The molecular formula is C17H17ClNO3+. The van der Waals surface area contributed by atoms with Crippen molar-refractivity contribution in [2.45, 2.75) is 19.9 Å². The van der Waals surface area contributed by atoms with Crippen molar-refractivity contribution in [1.29, 1.82) is 0 Å². The molecule has 0 spiro atoms. The van der Waals surface area contributed by atoms with Crippen LogP contribution in [0.4, 0.5) is 0 Å². The average molecular weight is 319 g/mol. The van der Waals surface area contributed by atoms with E-state index in [1.807, 2.05) is 0 Å². The van der Waals surface area contributed by atoms with Crippen molar-refractivity contribution >= 4 is 23.4 Å². The summed E-state index contributed by atoms with van der Waals surface area (Å²) >= 11 is 5.91. The molecular weight excluding hydrogens is 302 g/mol. The molecule has 0 aliphatic heterocycles. The zero-order valence-electron chi connectivity index (χ0n) is 12.5. The van der Waals surface area contributed by atoms with Gasteiger partial charge in [0.1, 0.15) is 0 Å². The summed E-state index contributed by atoms with van der Waals surface area (Å²) in [7, 11) is 0. The van der Waals surface area contributed by atoms with Gasteiger partial charge < -0.3 is 4.74 Å². The predicted octanol–water partition coefficient (Wildman–Crippen LogP) is 3.25. The number of rotatable bonds is 5. The van der Waals surface area contributed by atoms with Crippen molar-refractivity contribution in [3.63, 3.8) is 0 Å². The highest BCUT2D eigenvalue weighted by Crippen LogP contribution is 2.14. The monoisotopic (exact) mass is 318 g/mol. The molecule has 0 amide bonds. The SMILES string of the molecule is CCOC(=O)c1cc[n+]([C@@H](C)C(=O)c2cccc(Cl)c2)cc1. The van der Waals surface area contributed by atoms with E-state index in [4.69, 9.17) is 16.3 Å². The number of esters is 1. The van der Waals surface area contributed by atoms with Gasteiger partial charge in [-0.1, -0.05) is 23.7 Å². The molecule has 2 aromatic rings. The minimum atomic E-state index is -0.394. The first-order valence-corrected chi connectivity index (χ1v) is 7.38. The van der Waals surface area contributed by atoms with E-state index in [0.717, 1.165) is 0 Å². The Morgan fingerprint density at radius 1 is 1.18 bits per heavy atom. The molecule has 0 saturated heterocycles. The van der Waals surface area contributed by atoms with Crippen molar-refractivity contribution in [2.75, 3.05) is 6.61 Å².